The van der Waals surface area contributed by atoms with Crippen molar-refractivity contribution in [2.24, 2.45) is 0 Å². The van der Waals surface area contributed by atoms with E-state index in [2.05, 4.69) is 11.4 Å². The smallest absolute Gasteiger partial charge is 0.261 e. The molecule has 2 saturated heterocycles. The molecule has 0 spiro atoms. The third-order valence-corrected chi connectivity index (χ3v) is 7.06. The Labute approximate surface area is 180 Å². The highest BCUT2D eigenvalue weighted by Crippen LogP contribution is 2.40. The van der Waals surface area contributed by atoms with E-state index in [-0.39, 0.29) is 30.2 Å². The van der Waals surface area contributed by atoms with E-state index in [0.29, 0.717) is 39.2 Å². The molecular formula is C22H27N3O4S. The van der Waals surface area contributed by atoms with Crippen molar-refractivity contribution in [3.8, 4) is 0 Å². The van der Waals surface area contributed by atoms with E-state index in [4.69, 9.17) is 4.74 Å². The molecule has 3 amide bonds. The molecule has 0 saturated carbocycles. The fourth-order valence-electron chi connectivity index (χ4n) is 4.34. The second kappa shape index (κ2) is 9.14. The van der Waals surface area contributed by atoms with E-state index < -0.39 is 0 Å². The van der Waals surface area contributed by atoms with Crippen LogP contribution in [0.3, 0.4) is 0 Å². The van der Waals surface area contributed by atoms with Crippen LogP contribution in [-0.2, 0) is 14.3 Å². The number of methoxy groups -OCH3 is 1. The molecule has 0 bridgehead atoms. The van der Waals surface area contributed by atoms with Crippen molar-refractivity contribution in [3.05, 3.63) is 34.7 Å². The molecule has 4 rings (SSSR count). The molecule has 1 N–H and O–H groups in total. The standard InChI is InChI=1S/C22H27N3O4S/c1-29-12-9-23-22(28)21-20(16-5-2-3-6-17(16)30-21)15-8-11-25(13-15)19(27)14-24-10-4-7-18(24)26/h2-3,5-6,15H,4,7-14H2,1H3,(H,23,28)/t15-/m0/s1. The molecule has 1 aromatic carbocycles. The molecule has 2 aliphatic rings. The monoisotopic (exact) mass is 429 g/mol. The molecule has 3 heterocycles. The van der Waals surface area contributed by atoms with Crippen LogP contribution < -0.4 is 5.32 Å². The number of amides is 3. The van der Waals surface area contributed by atoms with Gasteiger partial charge in [0.2, 0.25) is 11.8 Å². The number of hydrogen-bond acceptors (Lipinski definition) is 5. The van der Waals surface area contributed by atoms with Crippen molar-refractivity contribution >= 4 is 39.1 Å². The lowest BCUT2D eigenvalue weighted by atomic mass is 9.95. The van der Waals surface area contributed by atoms with Gasteiger partial charge in [0.25, 0.3) is 5.91 Å². The molecule has 8 heteroatoms. The Bertz CT molecular complexity index is 957. The molecule has 7 nitrogen and oxygen atoms in total. The van der Waals surface area contributed by atoms with Crippen molar-refractivity contribution in [1.82, 2.24) is 15.1 Å². The van der Waals surface area contributed by atoms with Gasteiger partial charge in [-0.3, -0.25) is 14.4 Å². The van der Waals surface area contributed by atoms with Crippen LogP contribution in [0.1, 0.15) is 40.4 Å². The fourth-order valence-corrected chi connectivity index (χ4v) is 5.55. The number of carbonyl (C=O) groups excluding carboxylic acids is 3. The first-order chi connectivity index (χ1) is 14.6. The maximum absolute atomic E-state index is 12.9. The highest BCUT2D eigenvalue weighted by atomic mass is 32.1. The van der Waals surface area contributed by atoms with Crippen LogP contribution in [-0.4, -0.2) is 74.0 Å². The summed E-state index contributed by atoms with van der Waals surface area (Å²) in [7, 11) is 1.61. The van der Waals surface area contributed by atoms with Crippen molar-refractivity contribution in [3.63, 3.8) is 0 Å². The lowest BCUT2D eigenvalue weighted by Crippen LogP contribution is -2.39. The SMILES string of the molecule is COCCNC(=O)c1sc2ccccc2c1[C@H]1CCN(C(=O)CN2CCCC2=O)C1. The Morgan fingerprint density at radius 3 is 2.87 bits per heavy atom. The number of fused-ring (bicyclic) bond motifs is 1. The molecule has 160 valence electrons. The largest absolute Gasteiger partial charge is 0.383 e. The van der Waals surface area contributed by atoms with E-state index >= 15 is 0 Å². The summed E-state index contributed by atoms with van der Waals surface area (Å²) >= 11 is 1.50. The highest BCUT2D eigenvalue weighted by molar-refractivity contribution is 7.21. The zero-order valence-electron chi connectivity index (χ0n) is 17.2. The minimum atomic E-state index is -0.0873. The molecular weight excluding hydrogens is 402 g/mol. The van der Waals surface area contributed by atoms with Gasteiger partial charge in [-0.2, -0.15) is 0 Å². The van der Waals surface area contributed by atoms with Crippen LogP contribution in [0.5, 0.6) is 0 Å². The molecule has 2 aliphatic heterocycles. The summed E-state index contributed by atoms with van der Waals surface area (Å²) in [6.07, 6.45) is 2.19. The second-order valence-electron chi connectivity index (χ2n) is 7.83. The molecule has 2 aromatic rings. The Balaban J connectivity index is 1.52. The Morgan fingerprint density at radius 1 is 1.27 bits per heavy atom. The number of nitrogens with zero attached hydrogens (tertiary/aromatic N) is 2. The number of thiophene rings is 1. The summed E-state index contributed by atoms with van der Waals surface area (Å²) in [6.45, 7) is 3.00. The normalized spacial score (nSPS) is 19.1. The van der Waals surface area contributed by atoms with Crippen molar-refractivity contribution in [2.75, 3.05) is 46.4 Å². The van der Waals surface area contributed by atoms with Gasteiger partial charge in [-0.05, 0) is 29.9 Å². The summed E-state index contributed by atoms with van der Waals surface area (Å²) in [5.74, 6) is 0.0922. The summed E-state index contributed by atoms with van der Waals surface area (Å²) in [5, 5.41) is 4.02. The zero-order valence-corrected chi connectivity index (χ0v) is 18.0. The van der Waals surface area contributed by atoms with Crippen LogP contribution in [0.2, 0.25) is 0 Å². The van der Waals surface area contributed by atoms with Crippen LogP contribution in [0, 0.1) is 0 Å². The van der Waals surface area contributed by atoms with Crippen molar-refractivity contribution in [1.29, 1.82) is 0 Å². The van der Waals surface area contributed by atoms with Gasteiger partial charge in [0, 0.05) is 50.3 Å². The number of ether oxygens (including phenoxy) is 1. The number of hydrogen-bond donors (Lipinski definition) is 1. The molecule has 0 radical (unpaired) electrons. The number of carbonyl (C=O) groups is 3. The zero-order chi connectivity index (χ0) is 21.1. The number of rotatable bonds is 7. The predicted molar refractivity (Wildman–Crippen MR) is 116 cm³/mol. The molecule has 0 aliphatic carbocycles. The maximum atomic E-state index is 12.9. The third kappa shape index (κ3) is 4.20. The maximum Gasteiger partial charge on any atom is 0.261 e. The van der Waals surface area contributed by atoms with Gasteiger partial charge in [-0.1, -0.05) is 18.2 Å². The van der Waals surface area contributed by atoms with Gasteiger partial charge in [-0.25, -0.2) is 0 Å². The highest BCUT2D eigenvalue weighted by Gasteiger charge is 2.34. The predicted octanol–water partition coefficient (Wildman–Crippen LogP) is 2.22. The second-order valence-corrected chi connectivity index (χ2v) is 8.89. The van der Waals surface area contributed by atoms with E-state index in [1.165, 1.54) is 11.3 Å². The summed E-state index contributed by atoms with van der Waals surface area (Å²) < 4.78 is 6.12. The van der Waals surface area contributed by atoms with Crippen LogP contribution in [0.25, 0.3) is 10.1 Å². The molecule has 2 fully saturated rings. The molecule has 0 unspecified atom stereocenters. The van der Waals surface area contributed by atoms with Crippen LogP contribution in [0.4, 0.5) is 0 Å². The molecule has 1 aromatic heterocycles. The Morgan fingerprint density at radius 2 is 2.10 bits per heavy atom. The van der Waals surface area contributed by atoms with Gasteiger partial charge in [-0.15, -0.1) is 11.3 Å². The van der Waals surface area contributed by atoms with Crippen molar-refractivity contribution < 1.29 is 19.1 Å². The quantitative estimate of drug-likeness (QED) is 0.685. The van der Waals surface area contributed by atoms with Crippen LogP contribution >= 0.6 is 11.3 Å². The van der Waals surface area contributed by atoms with Gasteiger partial charge in [0.05, 0.1) is 18.0 Å². The van der Waals surface area contributed by atoms with Gasteiger partial charge in [0.15, 0.2) is 0 Å². The average molecular weight is 430 g/mol. The van der Waals surface area contributed by atoms with E-state index in [1.54, 1.807) is 12.0 Å². The average Bonchev–Trinajstić information content (AvgIpc) is 3.46. The van der Waals surface area contributed by atoms with Crippen LogP contribution in [0.15, 0.2) is 24.3 Å². The van der Waals surface area contributed by atoms with Crippen molar-refractivity contribution in [2.45, 2.75) is 25.2 Å². The van der Waals surface area contributed by atoms with Gasteiger partial charge in [0.1, 0.15) is 0 Å². The Kier molecular flexibility index (Phi) is 6.34. The molecule has 1 atom stereocenters. The van der Waals surface area contributed by atoms with Gasteiger partial charge >= 0.3 is 0 Å². The number of likely N-dealkylation sites (tertiary alicyclic amines) is 2. The van der Waals surface area contributed by atoms with Gasteiger partial charge < -0.3 is 19.9 Å². The first-order valence-electron chi connectivity index (χ1n) is 10.4. The number of benzene rings is 1. The summed E-state index contributed by atoms with van der Waals surface area (Å²) in [4.78, 5) is 41.7. The molecule has 30 heavy (non-hydrogen) atoms. The summed E-state index contributed by atoms with van der Waals surface area (Å²) in [5.41, 5.74) is 1.04. The van der Waals surface area contributed by atoms with E-state index in [9.17, 15) is 14.4 Å². The first kappa shape index (κ1) is 20.8. The third-order valence-electron chi connectivity index (χ3n) is 5.88. The lowest BCUT2D eigenvalue weighted by Gasteiger charge is -2.21. The minimum Gasteiger partial charge on any atom is -0.383 e. The fraction of sp³-hybridized carbons (Fsp3) is 0.500. The topological polar surface area (TPSA) is 79.0 Å². The lowest BCUT2D eigenvalue weighted by molar-refractivity contribution is -0.137. The Hall–Kier alpha value is -2.45. The first-order valence-corrected chi connectivity index (χ1v) is 11.2. The van der Waals surface area contributed by atoms with E-state index in [1.807, 2.05) is 23.1 Å². The van der Waals surface area contributed by atoms with E-state index in [0.717, 1.165) is 33.4 Å². The number of nitrogens with one attached hydrogen (secondary N) is 1. The summed E-state index contributed by atoms with van der Waals surface area (Å²) in [6, 6.07) is 8.06. The minimum absolute atomic E-state index is 0.00150.